The van der Waals surface area contributed by atoms with Crippen LogP contribution in [0.1, 0.15) is 31.7 Å². The second-order valence-electron chi connectivity index (χ2n) is 6.30. The van der Waals surface area contributed by atoms with Gasteiger partial charge in [0.15, 0.2) is 0 Å². The van der Waals surface area contributed by atoms with Gasteiger partial charge in [0, 0.05) is 38.8 Å². The van der Waals surface area contributed by atoms with Gasteiger partial charge in [-0.05, 0) is 26.0 Å². The SMILES string of the molecule is CC[C@H](C(=O)NC[C@H](C)N1CCN(C)CC1)c1ccccc1. The number of amides is 1. The standard InChI is InChI=1S/C18H29N3O/c1-4-17(16-8-6-5-7-9-16)18(22)19-14-15(2)21-12-10-20(3)11-13-21/h5-9,15,17H,4,10-14H2,1-3H3,(H,19,22)/t15-,17-/m0/s1. The van der Waals surface area contributed by atoms with Crippen molar-refractivity contribution in [1.29, 1.82) is 0 Å². The van der Waals surface area contributed by atoms with Gasteiger partial charge in [-0.15, -0.1) is 0 Å². The lowest BCUT2D eigenvalue weighted by Crippen LogP contribution is -2.51. The Labute approximate surface area is 134 Å². The minimum Gasteiger partial charge on any atom is -0.354 e. The molecule has 4 heteroatoms. The normalized spacial score (nSPS) is 19.6. The molecule has 1 amide bonds. The maximum absolute atomic E-state index is 12.5. The number of nitrogens with one attached hydrogen (secondary N) is 1. The summed E-state index contributed by atoms with van der Waals surface area (Å²) in [7, 11) is 2.16. The third kappa shape index (κ3) is 4.55. The fourth-order valence-electron chi connectivity index (χ4n) is 3.02. The van der Waals surface area contributed by atoms with Crippen molar-refractivity contribution < 1.29 is 4.79 Å². The molecule has 4 nitrogen and oxygen atoms in total. The largest absolute Gasteiger partial charge is 0.354 e. The zero-order chi connectivity index (χ0) is 15.9. The van der Waals surface area contributed by atoms with Crippen molar-refractivity contribution in [2.75, 3.05) is 39.8 Å². The van der Waals surface area contributed by atoms with Gasteiger partial charge in [-0.25, -0.2) is 0 Å². The topological polar surface area (TPSA) is 35.6 Å². The Morgan fingerprint density at radius 1 is 1.18 bits per heavy atom. The predicted octanol–water partition coefficient (Wildman–Crippen LogP) is 1.93. The van der Waals surface area contributed by atoms with Crippen LogP contribution < -0.4 is 5.32 Å². The highest BCUT2D eigenvalue weighted by atomic mass is 16.1. The van der Waals surface area contributed by atoms with Gasteiger partial charge in [-0.3, -0.25) is 9.69 Å². The molecule has 122 valence electrons. The minimum atomic E-state index is -0.0408. The molecule has 1 aromatic carbocycles. The molecule has 1 aromatic rings. The molecule has 0 saturated carbocycles. The Morgan fingerprint density at radius 2 is 1.82 bits per heavy atom. The molecule has 1 heterocycles. The van der Waals surface area contributed by atoms with Crippen molar-refractivity contribution in [2.24, 2.45) is 0 Å². The van der Waals surface area contributed by atoms with Crippen LogP contribution in [0, 0.1) is 0 Å². The second-order valence-corrected chi connectivity index (χ2v) is 6.30. The van der Waals surface area contributed by atoms with E-state index >= 15 is 0 Å². The number of likely N-dealkylation sites (N-methyl/N-ethyl adjacent to an activating group) is 1. The van der Waals surface area contributed by atoms with Crippen LogP contribution in [0.4, 0.5) is 0 Å². The quantitative estimate of drug-likeness (QED) is 0.872. The monoisotopic (exact) mass is 303 g/mol. The van der Waals surface area contributed by atoms with Crippen molar-refractivity contribution >= 4 is 5.91 Å². The van der Waals surface area contributed by atoms with Crippen LogP contribution in [0.3, 0.4) is 0 Å². The number of hydrogen-bond donors (Lipinski definition) is 1. The Balaban J connectivity index is 1.83. The molecule has 0 unspecified atom stereocenters. The van der Waals surface area contributed by atoms with Crippen molar-refractivity contribution in [2.45, 2.75) is 32.2 Å². The highest BCUT2D eigenvalue weighted by molar-refractivity contribution is 5.83. The third-order valence-corrected chi connectivity index (χ3v) is 4.66. The van der Waals surface area contributed by atoms with Gasteiger partial charge in [0.2, 0.25) is 5.91 Å². The fourth-order valence-corrected chi connectivity index (χ4v) is 3.02. The predicted molar refractivity (Wildman–Crippen MR) is 91.0 cm³/mol. The molecule has 0 radical (unpaired) electrons. The first-order valence-electron chi connectivity index (χ1n) is 8.37. The average Bonchev–Trinajstić information content (AvgIpc) is 2.55. The van der Waals surface area contributed by atoms with Gasteiger partial charge in [-0.2, -0.15) is 0 Å². The van der Waals surface area contributed by atoms with Crippen molar-refractivity contribution in [3.05, 3.63) is 35.9 Å². The van der Waals surface area contributed by atoms with Crippen LogP contribution in [-0.2, 0) is 4.79 Å². The van der Waals surface area contributed by atoms with Gasteiger partial charge >= 0.3 is 0 Å². The molecule has 0 spiro atoms. The summed E-state index contributed by atoms with van der Waals surface area (Å²) < 4.78 is 0. The Kier molecular flexibility index (Phi) is 6.40. The Bertz CT molecular complexity index is 455. The summed E-state index contributed by atoms with van der Waals surface area (Å²) >= 11 is 0. The summed E-state index contributed by atoms with van der Waals surface area (Å²) in [5, 5.41) is 3.15. The molecular formula is C18H29N3O. The van der Waals surface area contributed by atoms with E-state index in [0.29, 0.717) is 6.04 Å². The number of benzene rings is 1. The van der Waals surface area contributed by atoms with Gasteiger partial charge in [0.25, 0.3) is 0 Å². The van der Waals surface area contributed by atoms with Gasteiger partial charge < -0.3 is 10.2 Å². The van der Waals surface area contributed by atoms with E-state index in [9.17, 15) is 4.79 Å². The van der Waals surface area contributed by atoms with E-state index in [0.717, 1.165) is 44.7 Å². The number of rotatable bonds is 6. The molecule has 22 heavy (non-hydrogen) atoms. The number of hydrogen-bond acceptors (Lipinski definition) is 3. The maximum Gasteiger partial charge on any atom is 0.227 e. The summed E-state index contributed by atoms with van der Waals surface area (Å²) in [4.78, 5) is 17.3. The van der Waals surface area contributed by atoms with Crippen LogP contribution in [0.15, 0.2) is 30.3 Å². The molecule has 1 N–H and O–H groups in total. The first kappa shape index (κ1) is 17.0. The smallest absolute Gasteiger partial charge is 0.227 e. The molecule has 1 fully saturated rings. The first-order chi connectivity index (χ1) is 10.6. The number of carbonyl (C=O) groups is 1. The van der Waals surface area contributed by atoms with Crippen molar-refractivity contribution in [1.82, 2.24) is 15.1 Å². The summed E-state index contributed by atoms with van der Waals surface area (Å²) in [5.41, 5.74) is 1.11. The lowest BCUT2D eigenvalue weighted by atomic mass is 9.95. The van der Waals surface area contributed by atoms with E-state index in [-0.39, 0.29) is 11.8 Å². The van der Waals surface area contributed by atoms with Crippen LogP contribution in [0.25, 0.3) is 0 Å². The average molecular weight is 303 g/mol. The fraction of sp³-hybridized carbons (Fsp3) is 0.611. The highest BCUT2D eigenvalue weighted by Crippen LogP contribution is 2.19. The summed E-state index contributed by atoms with van der Waals surface area (Å²) in [6.07, 6.45) is 0.832. The summed E-state index contributed by atoms with van der Waals surface area (Å²) in [5.74, 6) is 0.107. The zero-order valence-electron chi connectivity index (χ0n) is 14.1. The van der Waals surface area contributed by atoms with E-state index in [1.807, 2.05) is 30.3 Å². The molecule has 1 saturated heterocycles. The van der Waals surface area contributed by atoms with E-state index in [4.69, 9.17) is 0 Å². The zero-order valence-corrected chi connectivity index (χ0v) is 14.1. The number of carbonyl (C=O) groups excluding carboxylic acids is 1. The number of piperazine rings is 1. The summed E-state index contributed by atoms with van der Waals surface area (Å²) in [6.45, 7) is 9.40. The second kappa shape index (κ2) is 8.30. The Morgan fingerprint density at radius 3 is 2.41 bits per heavy atom. The molecule has 0 aromatic heterocycles. The first-order valence-corrected chi connectivity index (χ1v) is 8.37. The molecule has 2 rings (SSSR count). The molecular weight excluding hydrogens is 274 g/mol. The van der Waals surface area contributed by atoms with Crippen LogP contribution in [0.2, 0.25) is 0 Å². The van der Waals surface area contributed by atoms with E-state index in [2.05, 4.69) is 36.0 Å². The molecule has 1 aliphatic heterocycles. The van der Waals surface area contributed by atoms with Gasteiger partial charge in [0.05, 0.1) is 5.92 Å². The van der Waals surface area contributed by atoms with Crippen LogP contribution >= 0.6 is 0 Å². The third-order valence-electron chi connectivity index (χ3n) is 4.66. The van der Waals surface area contributed by atoms with Crippen molar-refractivity contribution in [3.63, 3.8) is 0 Å². The highest BCUT2D eigenvalue weighted by Gasteiger charge is 2.22. The minimum absolute atomic E-state index is 0.0408. The molecule has 2 atom stereocenters. The van der Waals surface area contributed by atoms with Gasteiger partial charge in [0.1, 0.15) is 0 Å². The van der Waals surface area contributed by atoms with E-state index in [1.54, 1.807) is 0 Å². The molecule has 1 aliphatic rings. The Hall–Kier alpha value is -1.39. The lowest BCUT2D eigenvalue weighted by molar-refractivity contribution is -0.122. The lowest BCUT2D eigenvalue weighted by Gasteiger charge is -2.36. The molecule has 0 bridgehead atoms. The van der Waals surface area contributed by atoms with Crippen LogP contribution in [0.5, 0.6) is 0 Å². The number of nitrogens with zero attached hydrogens (tertiary/aromatic N) is 2. The maximum atomic E-state index is 12.5. The van der Waals surface area contributed by atoms with Crippen LogP contribution in [-0.4, -0.2) is 61.5 Å². The van der Waals surface area contributed by atoms with Crippen molar-refractivity contribution in [3.8, 4) is 0 Å². The van der Waals surface area contributed by atoms with E-state index in [1.165, 1.54) is 0 Å². The molecule has 0 aliphatic carbocycles. The van der Waals surface area contributed by atoms with Gasteiger partial charge in [-0.1, -0.05) is 37.3 Å². The van der Waals surface area contributed by atoms with E-state index < -0.39 is 0 Å². The summed E-state index contributed by atoms with van der Waals surface area (Å²) in [6, 6.07) is 10.5.